The highest BCUT2D eigenvalue weighted by atomic mass is 32.2. The predicted molar refractivity (Wildman–Crippen MR) is 230 cm³/mol. The van der Waals surface area contributed by atoms with E-state index in [1.54, 1.807) is 114 Å². The van der Waals surface area contributed by atoms with Crippen LogP contribution in [0.1, 0.15) is 58.3 Å². The zero-order valence-electron chi connectivity index (χ0n) is 33.4. The Labute approximate surface area is 357 Å². The highest BCUT2D eigenvalue weighted by Gasteiger charge is 2.56. The number of halogens is 3. The molecule has 4 amide bonds. The molecule has 3 atom stereocenters. The largest absolute Gasteiger partial charge is 0.419 e. The minimum atomic E-state index is -2.02. The number of urea groups is 1. The van der Waals surface area contributed by atoms with Crippen LogP contribution in [0, 0.1) is 17.5 Å². The number of unbranched alkanes of at least 4 members (excludes halogenated alkanes) is 1. The van der Waals surface area contributed by atoms with Gasteiger partial charge in [0.1, 0.15) is 28.6 Å². The van der Waals surface area contributed by atoms with Crippen molar-refractivity contribution in [3.63, 3.8) is 0 Å². The summed E-state index contributed by atoms with van der Waals surface area (Å²) < 4.78 is 55.1. The van der Waals surface area contributed by atoms with E-state index in [1.165, 1.54) is 4.90 Å². The maximum absolute atomic E-state index is 16.7. The van der Waals surface area contributed by atoms with E-state index in [0.29, 0.717) is 46.4 Å². The molecule has 9 nitrogen and oxygen atoms in total. The third-order valence-electron chi connectivity index (χ3n) is 12.2. The fraction of sp³-hybridized carbons (Fsp3) is 0.298. The minimum absolute atomic E-state index is 0.0352. The van der Waals surface area contributed by atoms with Crippen molar-refractivity contribution in [3.05, 3.63) is 173 Å². The number of rotatable bonds is 14. The molecule has 0 bridgehead atoms. The van der Waals surface area contributed by atoms with Gasteiger partial charge in [0.05, 0.1) is 12.1 Å². The summed E-state index contributed by atoms with van der Waals surface area (Å²) in [4.78, 5) is 41.6. The standard InChI is InChI=1S/C47H46BF3N4O5S/c49-35-29-36(50)41(42(51)40(35)44(57)55-27-25-54(26-28-55)39(56)24-14-13-23-38-43-37(30-61-38)52-45(58)53-43)48-60-47(33-19-9-3-10-20-33,34-21-11-4-12-22-34)46(59,31-15-5-1-6-16-31)32-17-7-2-8-18-32/h1-12,15-22,29,37-38,43,48,59H,13-14,23-28,30H2,(H2,52,53,58)/t37-,38-,43-/m0/s1. The van der Waals surface area contributed by atoms with Crippen LogP contribution in [0.25, 0.3) is 0 Å². The number of fused-ring (bicyclic) bond motifs is 1. The topological polar surface area (TPSA) is 111 Å². The second kappa shape index (κ2) is 18.2. The van der Waals surface area contributed by atoms with Gasteiger partial charge >= 0.3 is 13.5 Å². The molecule has 0 spiro atoms. The molecule has 0 unspecified atom stereocenters. The van der Waals surface area contributed by atoms with Crippen LogP contribution in [0.3, 0.4) is 0 Å². The van der Waals surface area contributed by atoms with Gasteiger partial charge in [-0.3, -0.25) is 9.59 Å². The molecule has 3 aliphatic rings. The Hall–Kier alpha value is -5.57. The summed E-state index contributed by atoms with van der Waals surface area (Å²) in [6.07, 6.45) is 2.71. The number of benzene rings is 5. The first-order valence-electron chi connectivity index (χ1n) is 20.6. The zero-order valence-corrected chi connectivity index (χ0v) is 34.3. The van der Waals surface area contributed by atoms with E-state index in [-0.39, 0.29) is 50.2 Å². The number of nitrogens with zero attached hydrogens (tertiary/aromatic N) is 2. The average Bonchev–Trinajstić information content (AvgIpc) is 3.86. The lowest BCUT2D eigenvalue weighted by molar-refractivity contribution is -0.132. The van der Waals surface area contributed by atoms with Crippen LogP contribution in [0.15, 0.2) is 127 Å². The molecule has 3 N–H and O–H groups in total. The highest BCUT2D eigenvalue weighted by molar-refractivity contribution is 8.00. The van der Waals surface area contributed by atoms with Gasteiger partial charge in [-0.1, -0.05) is 128 Å². The van der Waals surface area contributed by atoms with Gasteiger partial charge < -0.3 is 30.2 Å². The summed E-state index contributed by atoms with van der Waals surface area (Å²) in [5.41, 5.74) is -3.71. The van der Waals surface area contributed by atoms with Crippen LogP contribution in [0.4, 0.5) is 18.0 Å². The van der Waals surface area contributed by atoms with Crippen LogP contribution < -0.4 is 16.1 Å². The van der Waals surface area contributed by atoms with Crippen LogP contribution in [0.2, 0.25) is 0 Å². The predicted octanol–water partition coefficient (Wildman–Crippen LogP) is 5.99. The molecule has 314 valence electrons. The van der Waals surface area contributed by atoms with E-state index >= 15 is 13.2 Å². The maximum atomic E-state index is 16.7. The maximum Gasteiger partial charge on any atom is 0.316 e. The van der Waals surface area contributed by atoms with Gasteiger partial charge in [0.2, 0.25) is 5.91 Å². The molecule has 3 fully saturated rings. The van der Waals surface area contributed by atoms with Crippen molar-refractivity contribution in [1.29, 1.82) is 0 Å². The molecule has 5 aromatic carbocycles. The van der Waals surface area contributed by atoms with Gasteiger partial charge in [0, 0.05) is 55.1 Å². The van der Waals surface area contributed by atoms with Crippen LogP contribution >= 0.6 is 11.8 Å². The van der Waals surface area contributed by atoms with Gasteiger partial charge in [-0.05, 0) is 35.1 Å². The van der Waals surface area contributed by atoms with Crippen molar-refractivity contribution in [2.75, 3.05) is 31.9 Å². The lowest BCUT2D eigenvalue weighted by Crippen LogP contribution is -2.55. The van der Waals surface area contributed by atoms with E-state index in [0.717, 1.165) is 18.6 Å². The molecule has 3 aliphatic heterocycles. The normalized spacial score (nSPS) is 19.0. The smallest absolute Gasteiger partial charge is 0.316 e. The minimum Gasteiger partial charge on any atom is -0.419 e. The van der Waals surface area contributed by atoms with Crippen molar-refractivity contribution in [1.82, 2.24) is 20.4 Å². The Morgan fingerprint density at radius 1 is 0.738 bits per heavy atom. The van der Waals surface area contributed by atoms with Gasteiger partial charge in [-0.25, -0.2) is 18.0 Å². The van der Waals surface area contributed by atoms with Crippen molar-refractivity contribution >= 4 is 42.6 Å². The number of piperazine rings is 1. The molecule has 14 heteroatoms. The first-order valence-corrected chi connectivity index (χ1v) is 21.7. The van der Waals surface area contributed by atoms with Crippen molar-refractivity contribution < 1.29 is 37.3 Å². The van der Waals surface area contributed by atoms with Gasteiger partial charge in [-0.15, -0.1) is 0 Å². The average molecular weight is 847 g/mol. The lowest BCUT2D eigenvalue weighted by atomic mass is 9.65. The fourth-order valence-electron chi connectivity index (χ4n) is 9.01. The lowest BCUT2D eigenvalue weighted by Gasteiger charge is -2.49. The zero-order chi connectivity index (χ0) is 42.6. The number of nitrogens with one attached hydrogen (secondary N) is 2. The van der Waals surface area contributed by atoms with Crippen LogP contribution in [-0.2, 0) is 20.7 Å². The van der Waals surface area contributed by atoms with Crippen LogP contribution in [-0.4, -0.2) is 89.5 Å². The second-order valence-corrected chi connectivity index (χ2v) is 17.0. The van der Waals surface area contributed by atoms with E-state index in [2.05, 4.69) is 10.6 Å². The summed E-state index contributed by atoms with van der Waals surface area (Å²) >= 11 is 1.83. The Balaban J connectivity index is 1.03. The number of hydrogen-bond donors (Lipinski definition) is 3. The number of aliphatic hydroxyl groups is 1. The summed E-state index contributed by atoms with van der Waals surface area (Å²) in [5.74, 6) is -4.18. The van der Waals surface area contributed by atoms with Gasteiger partial charge in [0.25, 0.3) is 5.91 Å². The first-order chi connectivity index (χ1) is 29.6. The van der Waals surface area contributed by atoms with E-state index in [9.17, 15) is 19.5 Å². The number of thioether (sulfide) groups is 1. The van der Waals surface area contributed by atoms with Crippen molar-refractivity contribution in [3.8, 4) is 0 Å². The first kappa shape index (κ1) is 42.1. The summed E-state index contributed by atoms with van der Waals surface area (Å²) in [5, 5.41) is 19.7. The SMILES string of the molecule is O=C1N[C@H]2[C@H](CS[C@H]2CCCCC(=O)N2CCN(C(=O)c3c(F)cc(F)c(BOC(c4ccccc4)(c4ccccc4)C(O)(c4ccccc4)c4ccccc4)c3F)CC2)N1. The molecule has 61 heavy (non-hydrogen) atoms. The molecule has 0 saturated carbocycles. The quantitative estimate of drug-likeness (QED) is 0.0721. The summed E-state index contributed by atoms with van der Waals surface area (Å²) in [7, 11) is -0.807. The molecule has 5 aromatic rings. The fourth-order valence-corrected chi connectivity index (χ4v) is 10.6. The Morgan fingerprint density at radius 2 is 1.26 bits per heavy atom. The number of carbonyl (C=O) groups is 3. The van der Waals surface area contributed by atoms with Crippen molar-refractivity contribution in [2.45, 2.75) is 54.2 Å². The Bertz CT molecular complexity index is 2260. The van der Waals surface area contributed by atoms with E-state index in [1.807, 2.05) is 23.9 Å². The number of carbonyl (C=O) groups excluding carboxylic acids is 3. The van der Waals surface area contributed by atoms with Crippen molar-refractivity contribution in [2.24, 2.45) is 0 Å². The molecular formula is C47H46BF3N4O5S. The number of amides is 4. The van der Waals surface area contributed by atoms with E-state index < -0.39 is 53.1 Å². The third-order valence-corrected chi connectivity index (χ3v) is 13.7. The molecule has 0 aromatic heterocycles. The molecule has 0 radical (unpaired) electrons. The summed E-state index contributed by atoms with van der Waals surface area (Å²) in [6.45, 7) is 0.430. The summed E-state index contributed by atoms with van der Waals surface area (Å²) in [6, 6.07) is 36.1. The highest BCUT2D eigenvalue weighted by Crippen LogP contribution is 2.52. The Kier molecular flexibility index (Phi) is 12.6. The van der Waals surface area contributed by atoms with Gasteiger partial charge in [-0.2, -0.15) is 11.8 Å². The Morgan fingerprint density at radius 3 is 1.82 bits per heavy atom. The molecule has 0 aliphatic carbocycles. The molecule has 8 rings (SSSR count). The van der Waals surface area contributed by atoms with Crippen LogP contribution in [0.5, 0.6) is 0 Å². The second-order valence-electron chi connectivity index (χ2n) is 15.7. The third kappa shape index (κ3) is 8.16. The molecular weight excluding hydrogens is 800 g/mol. The molecule has 3 saturated heterocycles. The molecule has 3 heterocycles. The monoisotopic (exact) mass is 846 g/mol. The number of hydrogen-bond acceptors (Lipinski definition) is 6. The van der Waals surface area contributed by atoms with E-state index in [4.69, 9.17) is 4.65 Å². The van der Waals surface area contributed by atoms with Gasteiger partial charge in [0.15, 0.2) is 5.60 Å².